The Kier molecular flexibility index (Phi) is 3.72. The van der Waals surface area contributed by atoms with Gasteiger partial charge in [-0.2, -0.15) is 0 Å². The Morgan fingerprint density at radius 1 is 1.20 bits per heavy atom. The van der Waals surface area contributed by atoms with E-state index in [-0.39, 0.29) is 11.7 Å². The van der Waals surface area contributed by atoms with E-state index in [4.69, 9.17) is 4.74 Å². The number of carbonyl (C=O) groups is 1. The average Bonchev–Trinajstić information content (AvgIpc) is 2.46. The molecule has 2 atom stereocenters. The summed E-state index contributed by atoms with van der Waals surface area (Å²) in [5, 5.41) is 0. The van der Waals surface area contributed by atoms with Gasteiger partial charge >= 0.3 is 0 Å². The van der Waals surface area contributed by atoms with Crippen LogP contribution in [0.2, 0.25) is 0 Å². The van der Waals surface area contributed by atoms with Crippen molar-refractivity contribution in [2.45, 2.75) is 24.9 Å². The Bertz CT molecular complexity index is 497. The van der Waals surface area contributed by atoms with Gasteiger partial charge in [0.1, 0.15) is 0 Å². The van der Waals surface area contributed by atoms with E-state index in [2.05, 4.69) is 18.5 Å². The quantitative estimate of drug-likeness (QED) is 0.791. The van der Waals surface area contributed by atoms with Crippen molar-refractivity contribution in [2.24, 2.45) is 5.92 Å². The number of rotatable bonds is 3. The fourth-order valence-corrected chi connectivity index (χ4v) is 3.34. The summed E-state index contributed by atoms with van der Waals surface area (Å²) in [6.07, 6.45) is 1.77. The highest BCUT2D eigenvalue weighted by molar-refractivity contribution is 6.21. The molecule has 0 spiro atoms. The van der Waals surface area contributed by atoms with Crippen LogP contribution in [0.25, 0.3) is 5.57 Å². The molecule has 3 nitrogen and oxygen atoms in total. The number of nitrogens with zero attached hydrogens (tertiary/aromatic N) is 1. The highest BCUT2D eigenvalue weighted by Crippen LogP contribution is 2.33. The summed E-state index contributed by atoms with van der Waals surface area (Å²) >= 11 is 0. The number of ketones is 1. The second-order valence-corrected chi connectivity index (χ2v) is 5.89. The third-order valence-corrected chi connectivity index (χ3v) is 4.68. The number of ether oxygens (including phenoxy) is 1. The zero-order chi connectivity index (χ0) is 14.1. The summed E-state index contributed by atoms with van der Waals surface area (Å²) in [5.74, 6) is 0.305. The first-order valence-corrected chi connectivity index (χ1v) is 7.25. The molecule has 0 aliphatic carbocycles. The molecule has 2 fully saturated rings. The molecule has 3 heteroatoms. The van der Waals surface area contributed by atoms with E-state index in [1.165, 1.54) is 0 Å². The monoisotopic (exact) mass is 271 g/mol. The molecule has 106 valence electrons. The average molecular weight is 271 g/mol. The molecule has 3 rings (SSSR count). The number of carbonyl (C=O) groups excluding carboxylic acids is 1. The summed E-state index contributed by atoms with van der Waals surface area (Å²) in [6.45, 7) is 5.51. The summed E-state index contributed by atoms with van der Waals surface area (Å²) in [4.78, 5) is 15.1. The minimum Gasteiger partial charge on any atom is -0.378 e. The predicted octanol–water partition coefficient (Wildman–Crippen LogP) is 2.38. The number of fused-ring (bicyclic) bond motifs is 2. The largest absolute Gasteiger partial charge is 0.378 e. The molecule has 2 bridgehead atoms. The third kappa shape index (κ3) is 2.43. The van der Waals surface area contributed by atoms with Gasteiger partial charge in [0.2, 0.25) is 0 Å². The number of morpholine rings is 1. The zero-order valence-corrected chi connectivity index (χ0v) is 11.9. The van der Waals surface area contributed by atoms with E-state index < -0.39 is 0 Å². The van der Waals surface area contributed by atoms with Crippen molar-refractivity contribution in [1.29, 1.82) is 0 Å². The fourth-order valence-electron chi connectivity index (χ4n) is 3.34. The lowest BCUT2D eigenvalue weighted by molar-refractivity contribution is -0.125. The maximum Gasteiger partial charge on any atom is 0.166 e. The highest BCUT2D eigenvalue weighted by Gasteiger charge is 2.39. The fraction of sp³-hybridized carbons (Fsp3) is 0.471. The molecular weight excluding hydrogens is 250 g/mol. The maximum absolute atomic E-state index is 12.7. The van der Waals surface area contributed by atoms with Crippen molar-refractivity contribution in [3.63, 3.8) is 0 Å². The Balaban J connectivity index is 1.74. The molecule has 0 aromatic heterocycles. The Labute approximate surface area is 120 Å². The van der Waals surface area contributed by atoms with Gasteiger partial charge in [-0.15, -0.1) is 0 Å². The number of likely N-dealkylation sites (N-methyl/N-ethyl adjacent to an activating group) is 1. The van der Waals surface area contributed by atoms with Gasteiger partial charge in [0.05, 0.1) is 13.2 Å². The van der Waals surface area contributed by atoms with Crippen LogP contribution in [0.5, 0.6) is 0 Å². The van der Waals surface area contributed by atoms with Crippen LogP contribution in [-0.4, -0.2) is 43.0 Å². The maximum atomic E-state index is 12.7. The molecule has 0 radical (unpaired) electrons. The zero-order valence-electron chi connectivity index (χ0n) is 11.9. The Morgan fingerprint density at radius 2 is 1.80 bits per heavy atom. The molecular formula is C17H21NO2. The number of hydrogen-bond acceptors (Lipinski definition) is 3. The van der Waals surface area contributed by atoms with Crippen LogP contribution in [0.1, 0.15) is 18.4 Å². The van der Waals surface area contributed by atoms with Crippen LogP contribution in [0.15, 0.2) is 36.9 Å². The van der Waals surface area contributed by atoms with Crippen molar-refractivity contribution in [2.75, 3.05) is 20.3 Å². The molecule has 2 saturated heterocycles. The minimum absolute atomic E-state index is 0.0952. The highest BCUT2D eigenvalue weighted by atomic mass is 16.5. The Hall–Kier alpha value is -1.45. The van der Waals surface area contributed by atoms with Gasteiger partial charge in [-0.1, -0.05) is 36.9 Å². The van der Waals surface area contributed by atoms with Crippen molar-refractivity contribution >= 4 is 11.4 Å². The normalized spacial score (nSPS) is 29.9. The van der Waals surface area contributed by atoms with Gasteiger partial charge in [0.15, 0.2) is 5.78 Å². The number of allylic oxidation sites excluding steroid dienone is 1. The SMILES string of the molecule is C=C(C(=O)C1CC2COCC(C1)N2C)c1ccccc1. The Morgan fingerprint density at radius 3 is 2.40 bits per heavy atom. The lowest BCUT2D eigenvalue weighted by Gasteiger charge is -2.46. The summed E-state index contributed by atoms with van der Waals surface area (Å²) < 4.78 is 5.60. The standard InChI is InChI=1S/C17H21NO2/c1-12(13-6-4-3-5-7-13)17(19)14-8-15-10-20-11-16(9-14)18(15)2/h3-7,14-16H,1,8-11H2,2H3. The van der Waals surface area contributed by atoms with Gasteiger partial charge in [0, 0.05) is 23.6 Å². The van der Waals surface area contributed by atoms with Crippen molar-refractivity contribution in [3.8, 4) is 0 Å². The molecule has 2 unspecified atom stereocenters. The molecule has 2 aliphatic rings. The van der Waals surface area contributed by atoms with Crippen LogP contribution < -0.4 is 0 Å². The van der Waals surface area contributed by atoms with Crippen LogP contribution in [0.4, 0.5) is 0 Å². The van der Waals surface area contributed by atoms with Gasteiger partial charge in [-0.3, -0.25) is 9.69 Å². The molecule has 1 aromatic carbocycles. The predicted molar refractivity (Wildman–Crippen MR) is 79.4 cm³/mol. The van der Waals surface area contributed by atoms with E-state index in [9.17, 15) is 4.79 Å². The van der Waals surface area contributed by atoms with Gasteiger partial charge in [0.25, 0.3) is 0 Å². The molecule has 2 heterocycles. The van der Waals surface area contributed by atoms with E-state index in [1.807, 2.05) is 30.3 Å². The summed E-state index contributed by atoms with van der Waals surface area (Å²) in [7, 11) is 2.14. The van der Waals surface area contributed by atoms with Crippen molar-refractivity contribution in [1.82, 2.24) is 4.90 Å². The summed E-state index contributed by atoms with van der Waals surface area (Å²) in [6, 6.07) is 10.5. The lowest BCUT2D eigenvalue weighted by atomic mass is 9.80. The van der Waals surface area contributed by atoms with Gasteiger partial charge in [-0.25, -0.2) is 0 Å². The molecule has 0 N–H and O–H groups in total. The van der Waals surface area contributed by atoms with E-state index in [1.54, 1.807) is 0 Å². The molecule has 0 amide bonds. The first-order valence-electron chi connectivity index (χ1n) is 7.25. The van der Waals surface area contributed by atoms with Crippen LogP contribution in [0.3, 0.4) is 0 Å². The van der Waals surface area contributed by atoms with Crippen LogP contribution in [-0.2, 0) is 9.53 Å². The van der Waals surface area contributed by atoms with Crippen LogP contribution >= 0.6 is 0 Å². The molecule has 2 aliphatic heterocycles. The van der Waals surface area contributed by atoms with E-state index in [0.717, 1.165) is 31.6 Å². The first-order chi connectivity index (χ1) is 9.66. The topological polar surface area (TPSA) is 29.5 Å². The number of piperidine rings is 1. The third-order valence-electron chi connectivity index (χ3n) is 4.68. The van der Waals surface area contributed by atoms with Crippen LogP contribution in [0, 0.1) is 5.92 Å². The van der Waals surface area contributed by atoms with Gasteiger partial charge in [-0.05, 0) is 25.5 Å². The van der Waals surface area contributed by atoms with E-state index >= 15 is 0 Å². The van der Waals surface area contributed by atoms with E-state index in [0.29, 0.717) is 17.7 Å². The molecule has 20 heavy (non-hydrogen) atoms. The van der Waals surface area contributed by atoms with Crippen molar-refractivity contribution < 1.29 is 9.53 Å². The minimum atomic E-state index is 0.0952. The second-order valence-electron chi connectivity index (χ2n) is 5.89. The molecule has 0 saturated carbocycles. The summed E-state index contributed by atoms with van der Waals surface area (Å²) in [5.41, 5.74) is 1.59. The number of benzene rings is 1. The van der Waals surface area contributed by atoms with Gasteiger partial charge < -0.3 is 4.74 Å². The smallest absolute Gasteiger partial charge is 0.166 e. The first kappa shape index (κ1) is 13.5. The number of hydrogen-bond donors (Lipinski definition) is 0. The second kappa shape index (κ2) is 5.51. The number of Topliss-reactive ketones (excluding diaryl/α,β-unsaturated/α-hetero) is 1. The lowest BCUT2D eigenvalue weighted by Crippen LogP contribution is -2.55. The van der Waals surface area contributed by atoms with Crippen molar-refractivity contribution in [3.05, 3.63) is 42.5 Å². The molecule has 1 aromatic rings.